The Morgan fingerprint density at radius 3 is 2.40 bits per heavy atom. The maximum absolute atomic E-state index is 12.1. The molecule has 1 aliphatic rings. The van der Waals surface area contributed by atoms with Crippen molar-refractivity contribution in [2.75, 3.05) is 13.1 Å². The minimum Gasteiger partial charge on any atom is -0.389 e. The highest BCUT2D eigenvalue weighted by atomic mass is 19.4. The molecule has 3 nitrogen and oxygen atoms in total. The molecule has 2 N–H and O–H groups in total. The smallest absolute Gasteiger partial charge is 0.389 e. The highest BCUT2D eigenvalue weighted by Crippen LogP contribution is 2.31. The fourth-order valence-electron chi connectivity index (χ4n) is 1.45. The van der Waals surface area contributed by atoms with Crippen LogP contribution in [0.4, 0.5) is 13.2 Å². The van der Waals surface area contributed by atoms with E-state index in [1.165, 1.54) is 6.07 Å². The number of hydrogen-bond donors (Lipinski definition) is 2. The Morgan fingerprint density at radius 2 is 2.07 bits per heavy atom. The van der Waals surface area contributed by atoms with Crippen molar-refractivity contribution < 1.29 is 18.3 Å². The molecular weight excluding hydrogens is 209 g/mol. The average Bonchev–Trinajstić information content (AvgIpc) is 2.07. The molecule has 15 heavy (non-hydrogen) atoms. The van der Waals surface area contributed by atoms with Gasteiger partial charge in [0.15, 0.2) is 5.92 Å². The highest BCUT2D eigenvalue weighted by molar-refractivity contribution is 4.93. The Bertz CT molecular complexity index is 255. The molecule has 0 aromatic carbocycles. The number of aliphatic hydroxyl groups is 1. The molecule has 0 heterocycles. The Hall–Kier alpha value is -0.800. The van der Waals surface area contributed by atoms with E-state index < -0.39 is 24.2 Å². The van der Waals surface area contributed by atoms with Crippen molar-refractivity contribution in [3.8, 4) is 6.07 Å². The van der Waals surface area contributed by atoms with E-state index >= 15 is 0 Å². The quantitative estimate of drug-likeness (QED) is 0.751. The first-order chi connectivity index (χ1) is 6.87. The van der Waals surface area contributed by atoms with Crippen LogP contribution in [0.2, 0.25) is 0 Å². The molecule has 0 aliphatic heterocycles. The molecule has 1 rings (SSSR count). The Labute approximate surface area is 85.9 Å². The van der Waals surface area contributed by atoms with Crippen molar-refractivity contribution >= 4 is 0 Å². The van der Waals surface area contributed by atoms with Crippen LogP contribution in [0.1, 0.15) is 19.3 Å². The van der Waals surface area contributed by atoms with E-state index in [0.717, 1.165) is 6.42 Å². The summed E-state index contributed by atoms with van der Waals surface area (Å²) in [4.78, 5) is 0. The zero-order chi connectivity index (χ0) is 11.5. The molecule has 86 valence electrons. The van der Waals surface area contributed by atoms with Gasteiger partial charge in [0.25, 0.3) is 0 Å². The normalized spacial score (nSPS) is 21.5. The van der Waals surface area contributed by atoms with Crippen molar-refractivity contribution in [2.24, 2.45) is 5.92 Å². The molecule has 1 unspecified atom stereocenters. The minimum atomic E-state index is -4.50. The van der Waals surface area contributed by atoms with E-state index in [2.05, 4.69) is 5.32 Å². The maximum atomic E-state index is 12.1. The first-order valence-corrected chi connectivity index (χ1v) is 4.77. The summed E-state index contributed by atoms with van der Waals surface area (Å²) in [6.45, 7) is -0.330. The fourth-order valence-corrected chi connectivity index (χ4v) is 1.45. The second-order valence-electron chi connectivity index (χ2n) is 3.93. The van der Waals surface area contributed by atoms with Crippen molar-refractivity contribution in [2.45, 2.75) is 31.0 Å². The molecule has 0 amide bonds. The molecular formula is C9H13F3N2O. The van der Waals surface area contributed by atoms with Gasteiger partial charge in [-0.05, 0) is 19.3 Å². The van der Waals surface area contributed by atoms with Gasteiger partial charge in [-0.1, -0.05) is 0 Å². The van der Waals surface area contributed by atoms with Gasteiger partial charge < -0.3 is 10.4 Å². The molecule has 0 radical (unpaired) electrons. The van der Waals surface area contributed by atoms with Gasteiger partial charge in [0.05, 0.1) is 11.7 Å². The lowest BCUT2D eigenvalue weighted by Gasteiger charge is -2.37. The lowest BCUT2D eigenvalue weighted by molar-refractivity contribution is -0.158. The van der Waals surface area contributed by atoms with Gasteiger partial charge in [-0.2, -0.15) is 18.4 Å². The van der Waals surface area contributed by atoms with E-state index in [1.54, 1.807) is 0 Å². The molecule has 1 atom stereocenters. The third-order valence-electron chi connectivity index (χ3n) is 2.64. The van der Waals surface area contributed by atoms with Gasteiger partial charge in [0.1, 0.15) is 0 Å². The molecule has 0 saturated heterocycles. The lowest BCUT2D eigenvalue weighted by atomic mass is 9.80. The van der Waals surface area contributed by atoms with Gasteiger partial charge in [0, 0.05) is 13.1 Å². The summed E-state index contributed by atoms with van der Waals surface area (Å²) in [6, 6.07) is 1.20. The van der Waals surface area contributed by atoms with E-state index in [-0.39, 0.29) is 6.54 Å². The van der Waals surface area contributed by atoms with Crippen molar-refractivity contribution in [3.05, 3.63) is 0 Å². The molecule has 1 saturated carbocycles. The molecule has 1 fully saturated rings. The summed E-state index contributed by atoms with van der Waals surface area (Å²) in [5.74, 6) is -2.00. The first kappa shape index (κ1) is 12.3. The monoisotopic (exact) mass is 222 g/mol. The average molecular weight is 222 g/mol. The number of nitrogens with zero attached hydrogens (tertiary/aromatic N) is 1. The fraction of sp³-hybridized carbons (Fsp3) is 0.889. The highest BCUT2D eigenvalue weighted by Gasteiger charge is 2.40. The Kier molecular flexibility index (Phi) is 3.58. The zero-order valence-electron chi connectivity index (χ0n) is 8.14. The maximum Gasteiger partial charge on any atom is 0.405 e. The number of halogens is 3. The number of rotatable bonds is 4. The van der Waals surface area contributed by atoms with Crippen LogP contribution in [-0.4, -0.2) is 30.0 Å². The van der Waals surface area contributed by atoms with Crippen LogP contribution in [0.5, 0.6) is 0 Å². The van der Waals surface area contributed by atoms with Crippen molar-refractivity contribution in [3.63, 3.8) is 0 Å². The second kappa shape index (κ2) is 4.37. The van der Waals surface area contributed by atoms with Crippen LogP contribution in [-0.2, 0) is 0 Å². The largest absolute Gasteiger partial charge is 0.405 e. The van der Waals surface area contributed by atoms with Gasteiger partial charge in [-0.25, -0.2) is 0 Å². The summed E-state index contributed by atoms with van der Waals surface area (Å²) in [5, 5.41) is 20.4. The summed E-state index contributed by atoms with van der Waals surface area (Å²) in [5.41, 5.74) is -0.856. The van der Waals surface area contributed by atoms with Crippen LogP contribution in [0.3, 0.4) is 0 Å². The van der Waals surface area contributed by atoms with Gasteiger partial charge in [-0.15, -0.1) is 0 Å². The first-order valence-electron chi connectivity index (χ1n) is 4.77. The minimum absolute atomic E-state index is 0.126. The van der Waals surface area contributed by atoms with Crippen molar-refractivity contribution in [1.82, 2.24) is 5.32 Å². The third kappa shape index (κ3) is 3.36. The zero-order valence-corrected chi connectivity index (χ0v) is 8.14. The van der Waals surface area contributed by atoms with E-state index in [0.29, 0.717) is 12.8 Å². The summed E-state index contributed by atoms with van der Waals surface area (Å²) < 4.78 is 36.3. The predicted octanol–water partition coefficient (Wildman–Crippen LogP) is 1.19. The SMILES string of the molecule is N#CC(CNCC1(O)CCC1)C(F)(F)F. The number of nitrogens with one attached hydrogen (secondary N) is 1. The topological polar surface area (TPSA) is 56.0 Å². The summed E-state index contributed by atoms with van der Waals surface area (Å²) in [7, 11) is 0. The third-order valence-corrected chi connectivity index (χ3v) is 2.64. The summed E-state index contributed by atoms with van der Waals surface area (Å²) in [6.07, 6.45) is -2.37. The standard InChI is InChI=1S/C9H13F3N2O/c10-9(11,12)7(4-13)5-14-6-8(15)2-1-3-8/h7,14-15H,1-3,5-6H2. The number of alkyl halides is 3. The molecule has 1 aliphatic carbocycles. The van der Waals surface area contributed by atoms with E-state index in [4.69, 9.17) is 5.26 Å². The molecule has 0 aromatic rings. The van der Waals surface area contributed by atoms with Crippen molar-refractivity contribution in [1.29, 1.82) is 5.26 Å². The second-order valence-corrected chi connectivity index (χ2v) is 3.93. The van der Waals surface area contributed by atoms with Gasteiger partial charge >= 0.3 is 6.18 Å². The van der Waals surface area contributed by atoms with Crippen LogP contribution in [0, 0.1) is 17.2 Å². The Morgan fingerprint density at radius 1 is 1.47 bits per heavy atom. The summed E-state index contributed by atoms with van der Waals surface area (Å²) >= 11 is 0. The van der Waals surface area contributed by atoms with Crippen LogP contribution in [0.15, 0.2) is 0 Å². The molecule has 0 spiro atoms. The van der Waals surface area contributed by atoms with Gasteiger partial charge in [0.2, 0.25) is 0 Å². The van der Waals surface area contributed by atoms with E-state index in [1.807, 2.05) is 0 Å². The van der Waals surface area contributed by atoms with Gasteiger partial charge in [-0.3, -0.25) is 0 Å². The van der Waals surface area contributed by atoms with Crippen LogP contribution >= 0.6 is 0 Å². The number of hydrogen-bond acceptors (Lipinski definition) is 3. The Balaban J connectivity index is 2.27. The lowest BCUT2D eigenvalue weighted by Crippen LogP contribution is -2.48. The molecule has 6 heteroatoms. The van der Waals surface area contributed by atoms with Crippen LogP contribution < -0.4 is 5.32 Å². The predicted molar refractivity (Wildman–Crippen MR) is 46.8 cm³/mol. The number of nitriles is 1. The molecule has 0 aromatic heterocycles. The van der Waals surface area contributed by atoms with Crippen LogP contribution in [0.25, 0.3) is 0 Å². The molecule has 0 bridgehead atoms. The van der Waals surface area contributed by atoms with E-state index in [9.17, 15) is 18.3 Å².